The van der Waals surface area contributed by atoms with E-state index >= 15 is 0 Å². The Labute approximate surface area is 136 Å². The summed E-state index contributed by atoms with van der Waals surface area (Å²) in [5, 5.41) is 14.7. The van der Waals surface area contributed by atoms with Crippen LogP contribution < -0.4 is 10.6 Å². The van der Waals surface area contributed by atoms with E-state index in [0.29, 0.717) is 0 Å². The summed E-state index contributed by atoms with van der Waals surface area (Å²) in [6.45, 7) is 5.88. The van der Waals surface area contributed by atoms with Crippen LogP contribution in [0.25, 0.3) is 5.69 Å². The number of carbonyl (C=O) groups excluding carboxylic acids is 1. The highest BCUT2D eigenvalue weighted by atomic mass is 16.1. The molecule has 1 fully saturated rings. The van der Waals surface area contributed by atoms with Gasteiger partial charge in [-0.05, 0) is 45.4 Å². The van der Waals surface area contributed by atoms with Crippen molar-refractivity contribution in [3.8, 4) is 5.69 Å². The van der Waals surface area contributed by atoms with Crippen LogP contribution in [0.2, 0.25) is 0 Å². The average molecular weight is 313 g/mol. The standard InChI is InChI=1S/C17H23N5O/c1-12-5-7-15(8-6-12)22-13(2)16(20-21-22)10-17(23)19-14-4-3-9-18-11-14/h5-8,14,18H,3-4,9-11H2,1-2H3,(H,19,23)/t14-/m0/s1. The quantitative estimate of drug-likeness (QED) is 0.892. The molecule has 2 heterocycles. The number of aromatic nitrogens is 3. The number of aryl methyl sites for hydroxylation is 1. The molecule has 0 aliphatic carbocycles. The highest BCUT2D eigenvalue weighted by Gasteiger charge is 2.18. The molecule has 2 aromatic rings. The third-order valence-corrected chi connectivity index (χ3v) is 4.26. The van der Waals surface area contributed by atoms with E-state index in [0.717, 1.165) is 43.0 Å². The second-order valence-corrected chi connectivity index (χ2v) is 6.16. The zero-order valence-electron chi connectivity index (χ0n) is 13.7. The predicted octanol–water partition coefficient (Wildman–Crippen LogP) is 1.29. The molecule has 122 valence electrons. The van der Waals surface area contributed by atoms with E-state index in [9.17, 15) is 4.79 Å². The van der Waals surface area contributed by atoms with Crippen molar-refractivity contribution in [3.05, 3.63) is 41.2 Å². The molecule has 0 radical (unpaired) electrons. The van der Waals surface area contributed by atoms with Crippen LogP contribution in [-0.2, 0) is 11.2 Å². The predicted molar refractivity (Wildman–Crippen MR) is 88.6 cm³/mol. The molecule has 1 saturated heterocycles. The van der Waals surface area contributed by atoms with Gasteiger partial charge in [-0.1, -0.05) is 22.9 Å². The Kier molecular flexibility index (Phi) is 4.71. The molecule has 3 rings (SSSR count). The van der Waals surface area contributed by atoms with Gasteiger partial charge < -0.3 is 10.6 Å². The highest BCUT2D eigenvalue weighted by Crippen LogP contribution is 2.13. The Morgan fingerprint density at radius 1 is 1.35 bits per heavy atom. The zero-order valence-corrected chi connectivity index (χ0v) is 13.7. The summed E-state index contributed by atoms with van der Waals surface area (Å²) in [5.41, 5.74) is 3.80. The Morgan fingerprint density at radius 3 is 2.83 bits per heavy atom. The minimum Gasteiger partial charge on any atom is -0.352 e. The fourth-order valence-electron chi connectivity index (χ4n) is 2.86. The fourth-order valence-corrected chi connectivity index (χ4v) is 2.86. The van der Waals surface area contributed by atoms with E-state index < -0.39 is 0 Å². The topological polar surface area (TPSA) is 71.8 Å². The molecule has 0 bridgehead atoms. The van der Waals surface area contributed by atoms with Crippen molar-refractivity contribution in [1.29, 1.82) is 0 Å². The van der Waals surface area contributed by atoms with Gasteiger partial charge in [0.25, 0.3) is 0 Å². The highest BCUT2D eigenvalue weighted by molar-refractivity contribution is 5.78. The number of rotatable bonds is 4. The van der Waals surface area contributed by atoms with Crippen molar-refractivity contribution in [2.75, 3.05) is 13.1 Å². The number of carbonyl (C=O) groups is 1. The average Bonchev–Trinajstić information content (AvgIpc) is 2.90. The summed E-state index contributed by atoms with van der Waals surface area (Å²) >= 11 is 0. The first-order valence-corrected chi connectivity index (χ1v) is 8.12. The third-order valence-electron chi connectivity index (χ3n) is 4.26. The van der Waals surface area contributed by atoms with E-state index in [4.69, 9.17) is 0 Å². The number of hydrogen-bond acceptors (Lipinski definition) is 4. The van der Waals surface area contributed by atoms with Gasteiger partial charge in [-0.2, -0.15) is 0 Å². The molecule has 1 aromatic carbocycles. The van der Waals surface area contributed by atoms with Gasteiger partial charge in [0, 0.05) is 12.6 Å². The normalized spacial score (nSPS) is 17.9. The van der Waals surface area contributed by atoms with Crippen molar-refractivity contribution >= 4 is 5.91 Å². The lowest BCUT2D eigenvalue weighted by Gasteiger charge is -2.23. The van der Waals surface area contributed by atoms with Crippen LogP contribution in [0.5, 0.6) is 0 Å². The van der Waals surface area contributed by atoms with Crippen LogP contribution in [0.1, 0.15) is 29.8 Å². The third kappa shape index (κ3) is 3.76. The van der Waals surface area contributed by atoms with Gasteiger partial charge in [0.15, 0.2) is 0 Å². The molecule has 1 aliphatic rings. The molecular formula is C17H23N5O. The smallest absolute Gasteiger partial charge is 0.226 e. The maximum atomic E-state index is 12.2. The number of benzene rings is 1. The monoisotopic (exact) mass is 313 g/mol. The molecule has 0 unspecified atom stereocenters. The molecule has 6 nitrogen and oxygen atoms in total. The van der Waals surface area contributed by atoms with Crippen molar-refractivity contribution < 1.29 is 4.79 Å². The molecule has 1 atom stereocenters. The Morgan fingerprint density at radius 2 is 2.13 bits per heavy atom. The summed E-state index contributed by atoms with van der Waals surface area (Å²) in [6.07, 6.45) is 2.41. The Bertz CT molecular complexity index is 671. The molecule has 0 spiro atoms. The lowest BCUT2D eigenvalue weighted by molar-refractivity contribution is -0.121. The van der Waals surface area contributed by atoms with Gasteiger partial charge in [0.2, 0.25) is 5.91 Å². The summed E-state index contributed by atoms with van der Waals surface area (Å²) in [6, 6.07) is 8.32. The molecule has 1 aliphatic heterocycles. The van der Waals surface area contributed by atoms with Crippen LogP contribution in [0.4, 0.5) is 0 Å². The van der Waals surface area contributed by atoms with E-state index in [1.165, 1.54) is 5.56 Å². The molecule has 6 heteroatoms. The largest absolute Gasteiger partial charge is 0.352 e. The summed E-state index contributed by atoms with van der Waals surface area (Å²) < 4.78 is 1.78. The van der Waals surface area contributed by atoms with E-state index in [2.05, 4.69) is 20.9 Å². The van der Waals surface area contributed by atoms with Gasteiger partial charge in [0.05, 0.1) is 23.5 Å². The first-order chi connectivity index (χ1) is 11.1. The molecule has 0 saturated carbocycles. The first-order valence-electron chi connectivity index (χ1n) is 8.12. The maximum Gasteiger partial charge on any atom is 0.226 e. The fraction of sp³-hybridized carbons (Fsp3) is 0.471. The second-order valence-electron chi connectivity index (χ2n) is 6.16. The van der Waals surface area contributed by atoms with Gasteiger partial charge >= 0.3 is 0 Å². The van der Waals surface area contributed by atoms with Gasteiger partial charge in [-0.25, -0.2) is 4.68 Å². The molecule has 1 amide bonds. The molecular weight excluding hydrogens is 290 g/mol. The zero-order chi connectivity index (χ0) is 16.2. The summed E-state index contributed by atoms with van der Waals surface area (Å²) in [5.74, 6) is 0.0118. The number of nitrogens with one attached hydrogen (secondary N) is 2. The maximum absolute atomic E-state index is 12.2. The Balaban J connectivity index is 1.66. The second kappa shape index (κ2) is 6.91. The number of nitrogens with zero attached hydrogens (tertiary/aromatic N) is 3. The van der Waals surface area contributed by atoms with E-state index in [1.807, 2.05) is 38.1 Å². The summed E-state index contributed by atoms with van der Waals surface area (Å²) in [7, 11) is 0. The lowest BCUT2D eigenvalue weighted by Crippen LogP contribution is -2.46. The SMILES string of the molecule is Cc1ccc(-n2nnc(CC(=O)N[C@H]3CCCNC3)c2C)cc1. The minimum absolute atomic E-state index is 0.0118. The summed E-state index contributed by atoms with van der Waals surface area (Å²) in [4.78, 5) is 12.2. The van der Waals surface area contributed by atoms with Gasteiger partial charge in [-0.3, -0.25) is 4.79 Å². The van der Waals surface area contributed by atoms with Crippen LogP contribution in [0.15, 0.2) is 24.3 Å². The molecule has 2 N–H and O–H groups in total. The Hall–Kier alpha value is -2.21. The van der Waals surface area contributed by atoms with E-state index in [-0.39, 0.29) is 18.4 Å². The number of amides is 1. The molecule has 1 aromatic heterocycles. The van der Waals surface area contributed by atoms with Crippen LogP contribution >= 0.6 is 0 Å². The van der Waals surface area contributed by atoms with Crippen molar-refractivity contribution in [2.45, 2.75) is 39.2 Å². The van der Waals surface area contributed by atoms with Gasteiger partial charge in [-0.15, -0.1) is 5.10 Å². The number of piperidine rings is 1. The van der Waals surface area contributed by atoms with Crippen LogP contribution in [0, 0.1) is 13.8 Å². The van der Waals surface area contributed by atoms with Crippen molar-refractivity contribution in [3.63, 3.8) is 0 Å². The van der Waals surface area contributed by atoms with Crippen molar-refractivity contribution in [1.82, 2.24) is 25.6 Å². The first kappa shape index (κ1) is 15.7. The minimum atomic E-state index is 0.0118. The molecule has 23 heavy (non-hydrogen) atoms. The van der Waals surface area contributed by atoms with E-state index in [1.54, 1.807) is 4.68 Å². The van der Waals surface area contributed by atoms with Crippen LogP contribution in [-0.4, -0.2) is 40.0 Å². The van der Waals surface area contributed by atoms with Crippen LogP contribution in [0.3, 0.4) is 0 Å². The van der Waals surface area contributed by atoms with Crippen molar-refractivity contribution in [2.24, 2.45) is 0 Å². The number of hydrogen-bond donors (Lipinski definition) is 2. The van der Waals surface area contributed by atoms with Gasteiger partial charge in [0.1, 0.15) is 0 Å². The lowest BCUT2D eigenvalue weighted by atomic mass is 10.1.